The van der Waals surface area contributed by atoms with Crippen LogP contribution >= 0.6 is 31.9 Å². The maximum Gasteiger partial charge on any atom is 0.326 e. The van der Waals surface area contributed by atoms with E-state index in [1.807, 2.05) is 0 Å². The van der Waals surface area contributed by atoms with Crippen LogP contribution in [0, 0.1) is 10.1 Å². The van der Waals surface area contributed by atoms with E-state index in [-0.39, 0.29) is 18.0 Å². The fraction of sp³-hybridized carbons (Fsp3) is 0.300. The van der Waals surface area contributed by atoms with E-state index < -0.39 is 16.4 Å². The van der Waals surface area contributed by atoms with E-state index in [0.717, 1.165) is 0 Å². The van der Waals surface area contributed by atoms with Crippen molar-refractivity contribution in [3.63, 3.8) is 0 Å². The third kappa shape index (κ3) is 3.88. The molecule has 0 aliphatic carbocycles. The van der Waals surface area contributed by atoms with Gasteiger partial charge in [-0.2, -0.15) is 0 Å². The Balaban J connectivity index is 2.97. The summed E-state index contributed by atoms with van der Waals surface area (Å²) in [4.78, 5) is 20.9. The van der Waals surface area contributed by atoms with E-state index in [2.05, 4.69) is 31.9 Å². The van der Waals surface area contributed by atoms with Crippen LogP contribution in [-0.4, -0.2) is 28.1 Å². The average molecular weight is 398 g/mol. The molecule has 9 heteroatoms. The number of nitro benzene ring substituents is 1. The average Bonchev–Trinajstić information content (AvgIpc) is 2.27. The first-order valence-electron chi connectivity index (χ1n) is 4.93. The minimum Gasteiger partial charge on any atom is -0.489 e. The molecule has 7 nitrogen and oxygen atoms in total. The standard InChI is InChI=1S/C10H10Br2N2O5/c1-10(13,9(15)16)4-19-8-6(11)2-5(14(17)18)3-7(8)12/h2-3H,4,13H2,1H3,(H,15,16). The van der Waals surface area contributed by atoms with Crippen LogP contribution in [0.3, 0.4) is 0 Å². The minimum absolute atomic E-state index is 0.125. The molecule has 0 saturated heterocycles. The van der Waals surface area contributed by atoms with Gasteiger partial charge < -0.3 is 15.6 Å². The normalized spacial score (nSPS) is 13.7. The highest BCUT2D eigenvalue weighted by Crippen LogP contribution is 2.37. The van der Waals surface area contributed by atoms with Gasteiger partial charge in [-0.3, -0.25) is 14.9 Å². The molecule has 1 aromatic rings. The Labute approximate surface area is 125 Å². The van der Waals surface area contributed by atoms with Gasteiger partial charge in [0, 0.05) is 12.1 Å². The second kappa shape index (κ2) is 5.85. The van der Waals surface area contributed by atoms with E-state index in [1.54, 1.807) is 0 Å². The maximum atomic E-state index is 10.8. The Morgan fingerprint density at radius 1 is 1.53 bits per heavy atom. The molecule has 1 unspecified atom stereocenters. The number of hydrogen-bond acceptors (Lipinski definition) is 5. The highest BCUT2D eigenvalue weighted by Gasteiger charge is 2.29. The van der Waals surface area contributed by atoms with Gasteiger partial charge in [-0.1, -0.05) is 0 Å². The van der Waals surface area contributed by atoms with Gasteiger partial charge in [0.05, 0.1) is 13.9 Å². The molecule has 0 saturated carbocycles. The van der Waals surface area contributed by atoms with Gasteiger partial charge in [0.25, 0.3) is 5.69 Å². The fourth-order valence-electron chi connectivity index (χ4n) is 1.07. The van der Waals surface area contributed by atoms with Crippen LogP contribution in [-0.2, 0) is 4.79 Å². The molecule has 19 heavy (non-hydrogen) atoms. The van der Waals surface area contributed by atoms with Crippen LogP contribution < -0.4 is 10.5 Å². The van der Waals surface area contributed by atoms with Crippen LogP contribution in [0.25, 0.3) is 0 Å². The summed E-state index contributed by atoms with van der Waals surface area (Å²) in [6, 6.07) is 2.52. The number of carbonyl (C=O) groups is 1. The predicted octanol–water partition coefficient (Wildman–Crippen LogP) is 2.30. The maximum absolute atomic E-state index is 10.8. The van der Waals surface area contributed by atoms with Crippen molar-refractivity contribution in [3.8, 4) is 5.75 Å². The van der Waals surface area contributed by atoms with Gasteiger partial charge in [0.2, 0.25) is 0 Å². The number of carboxylic acid groups (broad SMARTS) is 1. The number of nitrogens with zero attached hydrogens (tertiary/aromatic N) is 1. The summed E-state index contributed by atoms with van der Waals surface area (Å²) in [5.74, 6) is -0.954. The lowest BCUT2D eigenvalue weighted by Gasteiger charge is -2.20. The molecule has 0 fully saturated rings. The van der Waals surface area contributed by atoms with Gasteiger partial charge >= 0.3 is 5.97 Å². The van der Waals surface area contributed by atoms with Crippen LogP contribution in [0.1, 0.15) is 6.92 Å². The summed E-state index contributed by atoms with van der Waals surface area (Å²) >= 11 is 6.25. The van der Waals surface area contributed by atoms with Crippen molar-refractivity contribution in [2.45, 2.75) is 12.5 Å². The molecule has 0 amide bonds. The van der Waals surface area contributed by atoms with Crippen LogP contribution in [0.4, 0.5) is 5.69 Å². The number of aliphatic carboxylic acids is 1. The lowest BCUT2D eigenvalue weighted by Crippen LogP contribution is -2.50. The van der Waals surface area contributed by atoms with E-state index in [9.17, 15) is 14.9 Å². The molecule has 0 aromatic heterocycles. The van der Waals surface area contributed by atoms with Crippen molar-refractivity contribution in [3.05, 3.63) is 31.2 Å². The molecule has 0 spiro atoms. The van der Waals surface area contributed by atoms with Crippen molar-refractivity contribution < 1.29 is 19.6 Å². The van der Waals surface area contributed by atoms with E-state index in [1.165, 1.54) is 19.1 Å². The summed E-state index contributed by atoms with van der Waals surface area (Å²) in [7, 11) is 0. The molecular formula is C10H10Br2N2O5. The molecule has 0 aliphatic heterocycles. The van der Waals surface area contributed by atoms with Crippen LogP contribution in [0.15, 0.2) is 21.1 Å². The summed E-state index contributed by atoms with van der Waals surface area (Å²) in [5.41, 5.74) is 3.84. The molecular weight excluding hydrogens is 388 g/mol. The zero-order valence-electron chi connectivity index (χ0n) is 9.72. The van der Waals surface area contributed by atoms with Gasteiger partial charge in [0.15, 0.2) is 0 Å². The number of nitro groups is 1. The number of nitrogens with two attached hydrogens (primary N) is 1. The Hall–Kier alpha value is -1.19. The second-order valence-electron chi connectivity index (χ2n) is 4.01. The highest BCUT2D eigenvalue weighted by atomic mass is 79.9. The van der Waals surface area contributed by atoms with Crippen molar-refractivity contribution >= 4 is 43.5 Å². The van der Waals surface area contributed by atoms with Gasteiger partial charge in [0.1, 0.15) is 17.9 Å². The summed E-state index contributed by atoms with van der Waals surface area (Å²) in [6.07, 6.45) is 0. The summed E-state index contributed by atoms with van der Waals surface area (Å²) in [6.45, 7) is 1.03. The van der Waals surface area contributed by atoms with E-state index in [4.69, 9.17) is 15.6 Å². The first-order valence-corrected chi connectivity index (χ1v) is 6.52. The quantitative estimate of drug-likeness (QED) is 0.581. The molecule has 0 radical (unpaired) electrons. The number of halogens is 2. The number of non-ortho nitro benzene ring substituents is 1. The molecule has 1 aromatic carbocycles. The second-order valence-corrected chi connectivity index (χ2v) is 5.72. The van der Waals surface area contributed by atoms with Crippen molar-refractivity contribution in [2.24, 2.45) is 5.73 Å². The molecule has 3 N–H and O–H groups in total. The van der Waals surface area contributed by atoms with Gasteiger partial charge in [-0.25, -0.2) is 0 Å². The first kappa shape index (κ1) is 15.9. The topological polar surface area (TPSA) is 116 Å². The summed E-state index contributed by atoms with van der Waals surface area (Å²) in [5, 5.41) is 19.5. The number of ether oxygens (including phenoxy) is 1. The Kier molecular flexibility index (Phi) is 4.88. The third-order valence-electron chi connectivity index (χ3n) is 2.20. The first-order chi connectivity index (χ1) is 8.65. The molecule has 1 atom stereocenters. The predicted molar refractivity (Wildman–Crippen MR) is 74.2 cm³/mol. The van der Waals surface area contributed by atoms with E-state index >= 15 is 0 Å². The number of carboxylic acids is 1. The largest absolute Gasteiger partial charge is 0.489 e. The van der Waals surface area contributed by atoms with Crippen LogP contribution in [0.2, 0.25) is 0 Å². The van der Waals surface area contributed by atoms with Crippen molar-refractivity contribution in [1.82, 2.24) is 0 Å². The Morgan fingerprint density at radius 2 is 2.00 bits per heavy atom. The molecule has 0 bridgehead atoms. The summed E-state index contributed by atoms with van der Waals surface area (Å²) < 4.78 is 5.96. The lowest BCUT2D eigenvalue weighted by atomic mass is 10.1. The zero-order valence-corrected chi connectivity index (χ0v) is 12.9. The number of rotatable bonds is 5. The number of benzene rings is 1. The van der Waals surface area contributed by atoms with Crippen molar-refractivity contribution in [1.29, 1.82) is 0 Å². The molecule has 1 rings (SSSR count). The van der Waals surface area contributed by atoms with Gasteiger partial charge in [-0.05, 0) is 38.8 Å². The molecule has 104 valence electrons. The highest BCUT2D eigenvalue weighted by molar-refractivity contribution is 9.11. The van der Waals surface area contributed by atoms with Crippen LogP contribution in [0.5, 0.6) is 5.75 Å². The fourth-order valence-corrected chi connectivity index (χ4v) is 2.46. The SMILES string of the molecule is CC(N)(COc1c(Br)cc([N+](=O)[O-])cc1Br)C(=O)O. The molecule has 0 heterocycles. The third-order valence-corrected chi connectivity index (χ3v) is 3.38. The van der Waals surface area contributed by atoms with Crippen molar-refractivity contribution in [2.75, 3.05) is 6.61 Å². The molecule has 0 aliphatic rings. The number of hydrogen-bond donors (Lipinski definition) is 2. The Morgan fingerprint density at radius 3 is 2.37 bits per heavy atom. The smallest absolute Gasteiger partial charge is 0.326 e. The van der Waals surface area contributed by atoms with E-state index in [0.29, 0.717) is 8.95 Å². The lowest BCUT2D eigenvalue weighted by molar-refractivity contribution is -0.385. The zero-order chi connectivity index (χ0) is 14.8. The van der Waals surface area contributed by atoms with Gasteiger partial charge in [-0.15, -0.1) is 0 Å². The monoisotopic (exact) mass is 396 g/mol. The Bertz CT molecular complexity index is 510. The minimum atomic E-state index is -1.55.